The number of hydrogen-bond acceptors (Lipinski definition) is 2. The van der Waals surface area contributed by atoms with Gasteiger partial charge in [-0.25, -0.2) is 0 Å². The molecule has 0 aromatic rings. The van der Waals surface area contributed by atoms with Gasteiger partial charge in [-0.05, 0) is 32.2 Å². The third-order valence-electron chi connectivity index (χ3n) is 2.55. The third kappa shape index (κ3) is 2.46. The number of likely N-dealkylation sites (tertiary alicyclic amines) is 1. The van der Waals surface area contributed by atoms with Crippen LogP contribution in [0, 0.1) is 5.92 Å². The molecule has 2 heteroatoms. The minimum atomic E-state index is 0.323. The van der Waals surface area contributed by atoms with Crippen molar-refractivity contribution in [3.8, 4) is 0 Å². The van der Waals surface area contributed by atoms with Crippen molar-refractivity contribution in [2.45, 2.75) is 32.7 Å². The lowest BCUT2D eigenvalue weighted by molar-refractivity contribution is 0.170. The van der Waals surface area contributed by atoms with Crippen LogP contribution in [-0.4, -0.2) is 35.7 Å². The van der Waals surface area contributed by atoms with Gasteiger partial charge in [0.05, 0.1) is 0 Å². The molecule has 1 aliphatic rings. The molecule has 1 heterocycles. The Hall–Kier alpha value is -0.0800. The Labute approximate surface area is 69.2 Å². The molecule has 0 unspecified atom stereocenters. The van der Waals surface area contributed by atoms with E-state index in [0.29, 0.717) is 12.5 Å². The Morgan fingerprint density at radius 1 is 1.64 bits per heavy atom. The molecule has 1 rings (SSSR count). The lowest BCUT2D eigenvalue weighted by Gasteiger charge is -2.23. The quantitative estimate of drug-likeness (QED) is 0.663. The summed E-state index contributed by atoms with van der Waals surface area (Å²) < 4.78 is 0. The standard InChI is InChI=1S/C9H19NO/c1-8(7-11)6-10-5-3-4-9(10)2/h8-9,11H,3-7H2,1-2H3/t8-,9+/m0/s1. The summed E-state index contributed by atoms with van der Waals surface area (Å²) in [6, 6.07) is 0.740. The highest BCUT2D eigenvalue weighted by atomic mass is 16.3. The maximum Gasteiger partial charge on any atom is 0.0468 e. The molecular formula is C9H19NO. The highest BCUT2D eigenvalue weighted by Gasteiger charge is 2.20. The molecule has 0 amide bonds. The van der Waals surface area contributed by atoms with Gasteiger partial charge in [0.25, 0.3) is 0 Å². The van der Waals surface area contributed by atoms with Crippen LogP contribution < -0.4 is 0 Å². The van der Waals surface area contributed by atoms with E-state index in [-0.39, 0.29) is 0 Å². The Balaban J connectivity index is 2.24. The maximum atomic E-state index is 8.85. The fourth-order valence-corrected chi connectivity index (χ4v) is 1.72. The minimum Gasteiger partial charge on any atom is -0.396 e. The predicted octanol–water partition coefficient (Wildman–Crippen LogP) is 1.10. The van der Waals surface area contributed by atoms with Crippen LogP contribution in [0.4, 0.5) is 0 Å². The number of nitrogens with zero attached hydrogens (tertiary/aromatic N) is 1. The Morgan fingerprint density at radius 3 is 2.82 bits per heavy atom. The molecule has 1 aliphatic heterocycles. The Kier molecular flexibility index (Phi) is 3.34. The Morgan fingerprint density at radius 2 is 2.36 bits per heavy atom. The molecule has 0 saturated carbocycles. The minimum absolute atomic E-state index is 0.323. The van der Waals surface area contributed by atoms with Gasteiger partial charge in [0.1, 0.15) is 0 Å². The van der Waals surface area contributed by atoms with Crippen molar-refractivity contribution in [2.75, 3.05) is 19.7 Å². The second kappa shape index (κ2) is 4.07. The number of rotatable bonds is 3. The molecule has 2 nitrogen and oxygen atoms in total. The van der Waals surface area contributed by atoms with Crippen molar-refractivity contribution >= 4 is 0 Å². The first-order chi connectivity index (χ1) is 5.24. The van der Waals surface area contributed by atoms with E-state index in [1.54, 1.807) is 0 Å². The smallest absolute Gasteiger partial charge is 0.0468 e. The summed E-state index contributed by atoms with van der Waals surface area (Å²) in [6.45, 7) is 6.99. The lowest BCUT2D eigenvalue weighted by atomic mass is 10.1. The first-order valence-electron chi connectivity index (χ1n) is 4.59. The molecule has 1 N–H and O–H groups in total. The largest absolute Gasteiger partial charge is 0.396 e. The van der Waals surface area contributed by atoms with Crippen LogP contribution in [0.3, 0.4) is 0 Å². The van der Waals surface area contributed by atoms with Crippen LogP contribution in [-0.2, 0) is 0 Å². The van der Waals surface area contributed by atoms with Gasteiger partial charge in [-0.1, -0.05) is 6.92 Å². The zero-order valence-electron chi connectivity index (χ0n) is 7.58. The first-order valence-corrected chi connectivity index (χ1v) is 4.59. The number of hydrogen-bond donors (Lipinski definition) is 1. The van der Waals surface area contributed by atoms with Crippen LogP contribution >= 0.6 is 0 Å². The molecule has 11 heavy (non-hydrogen) atoms. The molecule has 1 fully saturated rings. The fourth-order valence-electron chi connectivity index (χ4n) is 1.72. The van der Waals surface area contributed by atoms with E-state index >= 15 is 0 Å². The molecule has 0 aromatic carbocycles. The molecule has 0 aliphatic carbocycles. The second-order valence-corrected chi connectivity index (χ2v) is 3.77. The summed E-state index contributed by atoms with van der Waals surface area (Å²) in [5.41, 5.74) is 0. The van der Waals surface area contributed by atoms with Crippen molar-refractivity contribution < 1.29 is 5.11 Å². The van der Waals surface area contributed by atoms with Crippen molar-refractivity contribution in [1.82, 2.24) is 4.90 Å². The number of aliphatic hydroxyl groups is 1. The van der Waals surface area contributed by atoms with E-state index in [0.717, 1.165) is 12.6 Å². The van der Waals surface area contributed by atoms with E-state index in [2.05, 4.69) is 18.7 Å². The second-order valence-electron chi connectivity index (χ2n) is 3.77. The van der Waals surface area contributed by atoms with Gasteiger partial charge in [0, 0.05) is 19.2 Å². The van der Waals surface area contributed by atoms with Gasteiger partial charge >= 0.3 is 0 Å². The van der Waals surface area contributed by atoms with Crippen LogP contribution in [0.25, 0.3) is 0 Å². The highest BCUT2D eigenvalue weighted by Crippen LogP contribution is 2.17. The summed E-state index contributed by atoms with van der Waals surface area (Å²) in [6.07, 6.45) is 2.66. The van der Waals surface area contributed by atoms with Gasteiger partial charge in [-0.15, -0.1) is 0 Å². The van der Waals surface area contributed by atoms with Crippen LogP contribution in [0.15, 0.2) is 0 Å². The van der Waals surface area contributed by atoms with Crippen LogP contribution in [0.2, 0.25) is 0 Å². The van der Waals surface area contributed by atoms with Gasteiger partial charge in [-0.2, -0.15) is 0 Å². The van der Waals surface area contributed by atoms with E-state index < -0.39 is 0 Å². The molecule has 0 bridgehead atoms. The van der Waals surface area contributed by atoms with Crippen molar-refractivity contribution in [3.63, 3.8) is 0 Å². The zero-order valence-corrected chi connectivity index (χ0v) is 7.58. The average Bonchev–Trinajstić information content (AvgIpc) is 2.37. The topological polar surface area (TPSA) is 23.5 Å². The highest BCUT2D eigenvalue weighted by molar-refractivity contribution is 4.76. The first kappa shape index (κ1) is 9.01. The maximum absolute atomic E-state index is 8.85. The van der Waals surface area contributed by atoms with Crippen molar-refractivity contribution in [1.29, 1.82) is 0 Å². The summed E-state index contributed by atoms with van der Waals surface area (Å²) in [4.78, 5) is 2.47. The van der Waals surface area contributed by atoms with Gasteiger partial charge in [0.15, 0.2) is 0 Å². The predicted molar refractivity (Wildman–Crippen MR) is 46.5 cm³/mol. The van der Waals surface area contributed by atoms with Crippen molar-refractivity contribution in [3.05, 3.63) is 0 Å². The average molecular weight is 157 g/mol. The normalized spacial score (nSPS) is 29.2. The lowest BCUT2D eigenvalue weighted by Crippen LogP contribution is -2.32. The molecule has 2 atom stereocenters. The van der Waals surface area contributed by atoms with E-state index in [1.165, 1.54) is 19.4 Å². The molecule has 0 aromatic heterocycles. The molecule has 0 spiro atoms. The van der Waals surface area contributed by atoms with Crippen molar-refractivity contribution in [2.24, 2.45) is 5.92 Å². The fraction of sp³-hybridized carbons (Fsp3) is 1.00. The zero-order chi connectivity index (χ0) is 8.27. The molecule has 0 radical (unpaired) electrons. The Bertz CT molecular complexity index is 116. The summed E-state index contributed by atoms with van der Waals surface area (Å²) >= 11 is 0. The SMILES string of the molecule is C[C@H](CO)CN1CCC[C@H]1C. The molecule has 66 valence electrons. The summed E-state index contributed by atoms with van der Waals surface area (Å²) in [5.74, 6) is 0.440. The third-order valence-corrected chi connectivity index (χ3v) is 2.55. The van der Waals surface area contributed by atoms with E-state index in [1.807, 2.05) is 0 Å². The van der Waals surface area contributed by atoms with Gasteiger partial charge < -0.3 is 10.0 Å². The van der Waals surface area contributed by atoms with Crippen LogP contribution in [0.1, 0.15) is 26.7 Å². The van der Waals surface area contributed by atoms with Gasteiger partial charge in [0.2, 0.25) is 0 Å². The van der Waals surface area contributed by atoms with Crippen LogP contribution in [0.5, 0.6) is 0 Å². The molecular weight excluding hydrogens is 138 g/mol. The molecule has 1 saturated heterocycles. The monoisotopic (exact) mass is 157 g/mol. The number of aliphatic hydroxyl groups excluding tert-OH is 1. The summed E-state index contributed by atoms with van der Waals surface area (Å²) in [7, 11) is 0. The van der Waals surface area contributed by atoms with E-state index in [4.69, 9.17) is 5.11 Å². The van der Waals surface area contributed by atoms with E-state index in [9.17, 15) is 0 Å². The van der Waals surface area contributed by atoms with Gasteiger partial charge in [-0.3, -0.25) is 0 Å². The summed E-state index contributed by atoms with van der Waals surface area (Å²) in [5, 5.41) is 8.85.